The van der Waals surface area contributed by atoms with E-state index in [0.717, 1.165) is 23.5 Å². The van der Waals surface area contributed by atoms with Crippen LogP contribution in [-0.4, -0.2) is 63.8 Å². The summed E-state index contributed by atoms with van der Waals surface area (Å²) >= 11 is 1.34. The Balaban J connectivity index is 1.73. The third-order valence-electron chi connectivity index (χ3n) is 4.81. The largest absolute Gasteiger partial charge is 0.338 e. The van der Waals surface area contributed by atoms with Crippen molar-refractivity contribution in [1.29, 1.82) is 0 Å². The summed E-state index contributed by atoms with van der Waals surface area (Å²) in [6, 6.07) is 7.83. The first-order valence-electron chi connectivity index (χ1n) is 9.42. The summed E-state index contributed by atoms with van der Waals surface area (Å²) in [6.45, 7) is 6.48. The van der Waals surface area contributed by atoms with Gasteiger partial charge in [0, 0.05) is 18.3 Å². The number of thioether (sulfide) groups is 1. The van der Waals surface area contributed by atoms with E-state index in [1.165, 1.54) is 11.8 Å². The molecule has 7 nitrogen and oxygen atoms in total. The molecule has 9 heteroatoms. The minimum atomic E-state index is -3.03. The van der Waals surface area contributed by atoms with Gasteiger partial charge in [-0.2, -0.15) is 0 Å². The highest BCUT2D eigenvalue weighted by molar-refractivity contribution is 7.99. The standard InChI is InChI=1S/C19H26N4O3S2/c1-4-9-22(17-8-10-28(25,26)13-17)18(24)12-27-19-21-20-15(3)23(19)16-7-5-6-14(2)11-16/h5-7,11,17H,4,8-10,12-13H2,1-3H3/t17-/m0/s1. The number of hydrogen-bond donors (Lipinski definition) is 0. The lowest BCUT2D eigenvalue weighted by Gasteiger charge is -2.27. The number of carbonyl (C=O) groups is 1. The highest BCUT2D eigenvalue weighted by Crippen LogP contribution is 2.24. The summed E-state index contributed by atoms with van der Waals surface area (Å²) in [5, 5.41) is 9.05. The van der Waals surface area contributed by atoms with Crippen LogP contribution in [-0.2, 0) is 14.6 Å². The highest BCUT2D eigenvalue weighted by atomic mass is 32.2. The van der Waals surface area contributed by atoms with Crippen LogP contribution in [0, 0.1) is 13.8 Å². The number of sulfone groups is 1. The SMILES string of the molecule is CCCN(C(=O)CSc1nnc(C)n1-c1cccc(C)c1)[C@H]1CCS(=O)(=O)C1. The molecule has 0 N–H and O–H groups in total. The lowest BCUT2D eigenvalue weighted by molar-refractivity contribution is -0.130. The van der Waals surface area contributed by atoms with Crippen LogP contribution in [0.1, 0.15) is 31.2 Å². The Labute approximate surface area is 170 Å². The molecule has 1 saturated heterocycles. The molecule has 28 heavy (non-hydrogen) atoms. The smallest absolute Gasteiger partial charge is 0.233 e. The van der Waals surface area contributed by atoms with Crippen molar-refractivity contribution in [3.63, 3.8) is 0 Å². The molecule has 1 aliphatic heterocycles. The van der Waals surface area contributed by atoms with Crippen LogP contribution in [0.4, 0.5) is 0 Å². The molecule has 0 unspecified atom stereocenters. The molecule has 0 saturated carbocycles. The lowest BCUT2D eigenvalue weighted by Crippen LogP contribution is -2.42. The average Bonchev–Trinajstić information content (AvgIpc) is 3.19. The molecule has 1 aromatic carbocycles. The fourth-order valence-corrected chi connectivity index (χ4v) is 6.10. The molecule has 0 bridgehead atoms. The second-order valence-electron chi connectivity index (χ2n) is 7.14. The van der Waals surface area contributed by atoms with E-state index in [1.54, 1.807) is 4.90 Å². The second kappa shape index (κ2) is 8.65. The van der Waals surface area contributed by atoms with Gasteiger partial charge in [0.1, 0.15) is 5.82 Å². The van der Waals surface area contributed by atoms with Gasteiger partial charge in [0.05, 0.1) is 17.3 Å². The summed E-state index contributed by atoms with van der Waals surface area (Å²) in [6.07, 6.45) is 1.32. The van der Waals surface area contributed by atoms with Crippen molar-refractivity contribution in [2.45, 2.75) is 44.8 Å². The number of aromatic nitrogens is 3. The highest BCUT2D eigenvalue weighted by Gasteiger charge is 2.34. The van der Waals surface area contributed by atoms with Crippen molar-refractivity contribution in [2.75, 3.05) is 23.8 Å². The lowest BCUT2D eigenvalue weighted by atomic mass is 10.2. The van der Waals surface area contributed by atoms with Crippen molar-refractivity contribution in [3.8, 4) is 5.69 Å². The van der Waals surface area contributed by atoms with Gasteiger partial charge < -0.3 is 4.90 Å². The van der Waals surface area contributed by atoms with E-state index in [-0.39, 0.29) is 29.2 Å². The van der Waals surface area contributed by atoms with Gasteiger partial charge in [-0.3, -0.25) is 9.36 Å². The van der Waals surface area contributed by atoms with Crippen LogP contribution in [0.25, 0.3) is 5.69 Å². The van der Waals surface area contributed by atoms with Crippen molar-refractivity contribution < 1.29 is 13.2 Å². The molecule has 0 spiro atoms. The second-order valence-corrected chi connectivity index (χ2v) is 10.3. The summed E-state index contributed by atoms with van der Waals surface area (Å²) < 4.78 is 25.6. The minimum absolute atomic E-state index is 0.0506. The maximum absolute atomic E-state index is 12.9. The quantitative estimate of drug-likeness (QED) is 0.637. The van der Waals surface area contributed by atoms with E-state index in [1.807, 2.05) is 43.5 Å². The normalized spacial score (nSPS) is 18.3. The molecule has 1 amide bonds. The first-order chi connectivity index (χ1) is 13.3. The molecule has 152 valence electrons. The van der Waals surface area contributed by atoms with E-state index in [9.17, 15) is 13.2 Å². The molecule has 1 fully saturated rings. The van der Waals surface area contributed by atoms with Crippen LogP contribution in [0.3, 0.4) is 0 Å². The van der Waals surface area contributed by atoms with Crippen LogP contribution in [0.15, 0.2) is 29.4 Å². The Hall–Kier alpha value is -1.87. The number of nitrogens with zero attached hydrogens (tertiary/aromatic N) is 4. The Bertz CT molecular complexity index is 956. The molecular weight excluding hydrogens is 396 g/mol. The molecule has 2 aromatic rings. The summed E-state index contributed by atoms with van der Waals surface area (Å²) in [5.41, 5.74) is 2.10. The molecule has 2 heterocycles. The van der Waals surface area contributed by atoms with Gasteiger partial charge in [0.15, 0.2) is 15.0 Å². The summed E-state index contributed by atoms with van der Waals surface area (Å²) in [7, 11) is -3.03. The molecule has 1 aliphatic rings. The van der Waals surface area contributed by atoms with Crippen molar-refractivity contribution in [3.05, 3.63) is 35.7 Å². The van der Waals surface area contributed by atoms with Gasteiger partial charge >= 0.3 is 0 Å². The molecule has 0 aliphatic carbocycles. The Morgan fingerprint density at radius 1 is 1.32 bits per heavy atom. The van der Waals surface area contributed by atoms with E-state index < -0.39 is 9.84 Å². The number of aryl methyl sites for hydroxylation is 2. The maximum Gasteiger partial charge on any atom is 0.233 e. The first-order valence-corrected chi connectivity index (χ1v) is 12.2. The minimum Gasteiger partial charge on any atom is -0.338 e. The number of hydrogen-bond acceptors (Lipinski definition) is 6. The Morgan fingerprint density at radius 2 is 2.11 bits per heavy atom. The molecule has 1 aromatic heterocycles. The van der Waals surface area contributed by atoms with Crippen LogP contribution in [0.2, 0.25) is 0 Å². The third kappa shape index (κ3) is 4.75. The van der Waals surface area contributed by atoms with E-state index in [4.69, 9.17) is 0 Å². The number of benzene rings is 1. The number of amides is 1. The predicted molar refractivity (Wildman–Crippen MR) is 111 cm³/mol. The topological polar surface area (TPSA) is 85.2 Å². The molecule has 0 radical (unpaired) electrons. The molecular formula is C19H26N4O3S2. The Kier molecular flexibility index (Phi) is 6.44. The fourth-order valence-electron chi connectivity index (χ4n) is 3.48. The van der Waals surface area contributed by atoms with Crippen LogP contribution in [0.5, 0.6) is 0 Å². The maximum atomic E-state index is 12.9. The summed E-state index contributed by atoms with van der Waals surface area (Å²) in [4.78, 5) is 14.6. The van der Waals surface area contributed by atoms with Crippen molar-refractivity contribution in [1.82, 2.24) is 19.7 Å². The summed E-state index contributed by atoms with van der Waals surface area (Å²) in [5.74, 6) is 1.15. The van der Waals surface area contributed by atoms with Crippen LogP contribution < -0.4 is 0 Å². The first kappa shape index (κ1) is 20.9. The average molecular weight is 423 g/mol. The van der Waals surface area contributed by atoms with E-state index in [2.05, 4.69) is 16.3 Å². The van der Waals surface area contributed by atoms with Gasteiger partial charge in [-0.1, -0.05) is 30.8 Å². The zero-order valence-corrected chi connectivity index (χ0v) is 18.1. The van der Waals surface area contributed by atoms with Gasteiger partial charge in [-0.05, 0) is 44.4 Å². The molecule has 1 atom stereocenters. The zero-order chi connectivity index (χ0) is 20.3. The van der Waals surface area contributed by atoms with Crippen LogP contribution >= 0.6 is 11.8 Å². The van der Waals surface area contributed by atoms with E-state index in [0.29, 0.717) is 18.1 Å². The van der Waals surface area contributed by atoms with Gasteiger partial charge in [0.2, 0.25) is 5.91 Å². The molecule has 3 rings (SSSR count). The number of carbonyl (C=O) groups excluding carboxylic acids is 1. The van der Waals surface area contributed by atoms with E-state index >= 15 is 0 Å². The zero-order valence-electron chi connectivity index (χ0n) is 16.5. The van der Waals surface area contributed by atoms with Crippen molar-refractivity contribution >= 4 is 27.5 Å². The number of rotatable bonds is 7. The third-order valence-corrected chi connectivity index (χ3v) is 7.48. The fraction of sp³-hybridized carbons (Fsp3) is 0.526. The van der Waals surface area contributed by atoms with Gasteiger partial charge in [0.25, 0.3) is 0 Å². The Morgan fingerprint density at radius 3 is 2.75 bits per heavy atom. The van der Waals surface area contributed by atoms with Gasteiger partial charge in [-0.25, -0.2) is 8.42 Å². The predicted octanol–water partition coefficient (Wildman–Crippen LogP) is 2.40. The van der Waals surface area contributed by atoms with Gasteiger partial charge in [-0.15, -0.1) is 10.2 Å². The van der Waals surface area contributed by atoms with Crippen molar-refractivity contribution in [2.24, 2.45) is 0 Å². The monoisotopic (exact) mass is 422 g/mol.